The summed E-state index contributed by atoms with van der Waals surface area (Å²) >= 11 is 0. The van der Waals surface area contributed by atoms with Gasteiger partial charge < -0.3 is 18.9 Å². The average Bonchev–Trinajstić information content (AvgIpc) is 2.76. The highest BCUT2D eigenvalue weighted by atomic mass is 16.5. The Kier molecular flexibility index (Phi) is 4.79. The lowest BCUT2D eigenvalue weighted by Gasteiger charge is -2.49. The number of methoxy groups -OCH3 is 4. The maximum absolute atomic E-state index is 10.4. The average molecular weight is 394 g/mol. The lowest BCUT2D eigenvalue weighted by atomic mass is 9.67. The van der Waals surface area contributed by atoms with E-state index >= 15 is 0 Å². The summed E-state index contributed by atoms with van der Waals surface area (Å²) in [5.41, 5.74) is 3.67. The predicted molar refractivity (Wildman–Crippen MR) is 109 cm³/mol. The van der Waals surface area contributed by atoms with Crippen molar-refractivity contribution in [3.8, 4) is 29.1 Å². The smallest absolute Gasteiger partial charge is 0.161 e. The molecule has 4 rings (SSSR count). The van der Waals surface area contributed by atoms with Gasteiger partial charge in [0.1, 0.15) is 0 Å². The van der Waals surface area contributed by atoms with E-state index in [1.54, 1.807) is 28.4 Å². The van der Waals surface area contributed by atoms with E-state index in [0.29, 0.717) is 17.2 Å². The molecular formula is C23H26N2O4. The van der Waals surface area contributed by atoms with Gasteiger partial charge in [-0.15, -0.1) is 0 Å². The molecule has 0 bridgehead atoms. The van der Waals surface area contributed by atoms with E-state index in [1.807, 2.05) is 31.2 Å². The summed E-state index contributed by atoms with van der Waals surface area (Å²) in [5, 5.41) is 10.4. The minimum atomic E-state index is -0.748. The molecule has 0 amide bonds. The van der Waals surface area contributed by atoms with Crippen molar-refractivity contribution < 1.29 is 18.9 Å². The molecule has 2 heterocycles. The molecule has 0 N–H and O–H groups in total. The highest BCUT2D eigenvalue weighted by Gasteiger charge is 2.48. The van der Waals surface area contributed by atoms with E-state index in [2.05, 4.69) is 11.0 Å². The summed E-state index contributed by atoms with van der Waals surface area (Å²) in [5.74, 6) is 2.74. The first-order valence-electron chi connectivity index (χ1n) is 9.66. The molecule has 152 valence electrons. The molecule has 0 aliphatic carbocycles. The highest BCUT2D eigenvalue weighted by Crippen LogP contribution is 2.52. The van der Waals surface area contributed by atoms with Crippen molar-refractivity contribution in [2.24, 2.45) is 0 Å². The molecule has 6 nitrogen and oxygen atoms in total. The molecule has 0 saturated heterocycles. The zero-order chi connectivity index (χ0) is 20.8. The summed E-state index contributed by atoms with van der Waals surface area (Å²) in [6.07, 6.45) is 0.899. The van der Waals surface area contributed by atoms with Crippen LogP contribution >= 0.6 is 0 Å². The van der Waals surface area contributed by atoms with Gasteiger partial charge in [0.2, 0.25) is 0 Å². The molecule has 6 heteroatoms. The first kappa shape index (κ1) is 19.4. The summed E-state index contributed by atoms with van der Waals surface area (Å²) in [7, 11) is 6.54. The fourth-order valence-electron chi connectivity index (χ4n) is 4.87. The summed E-state index contributed by atoms with van der Waals surface area (Å²) in [4.78, 5) is 2.38. The van der Waals surface area contributed by atoms with Gasteiger partial charge in [0.25, 0.3) is 0 Å². The van der Waals surface area contributed by atoms with E-state index < -0.39 is 5.41 Å². The van der Waals surface area contributed by atoms with Crippen molar-refractivity contribution in [1.29, 1.82) is 5.26 Å². The standard InChI is InChI=1S/C23H26N2O4/c1-23(13-24)17-11-21(29-5)19(27-3)9-15(17)12-25-7-6-14-8-18(26-2)20(28-4)10-16(14)22(23)25/h8-11,22H,6-7,12H2,1-5H3/t22-,23-/m1/s1. The lowest BCUT2D eigenvalue weighted by Crippen LogP contribution is -2.49. The first-order chi connectivity index (χ1) is 14.0. The monoisotopic (exact) mass is 394 g/mol. The van der Waals surface area contributed by atoms with Gasteiger partial charge >= 0.3 is 0 Å². The van der Waals surface area contributed by atoms with Gasteiger partial charge in [-0.3, -0.25) is 4.90 Å². The molecule has 0 spiro atoms. The molecule has 0 aromatic heterocycles. The minimum absolute atomic E-state index is 0.0818. The van der Waals surface area contributed by atoms with Crippen LogP contribution < -0.4 is 18.9 Å². The van der Waals surface area contributed by atoms with Crippen LogP contribution in [0.3, 0.4) is 0 Å². The quantitative estimate of drug-likeness (QED) is 0.789. The Morgan fingerprint density at radius 2 is 1.45 bits per heavy atom. The second kappa shape index (κ2) is 7.16. The molecule has 2 aliphatic rings. The normalized spacial score (nSPS) is 22.6. The van der Waals surface area contributed by atoms with Crippen LogP contribution in [0.4, 0.5) is 0 Å². The van der Waals surface area contributed by atoms with Gasteiger partial charge in [-0.2, -0.15) is 5.26 Å². The summed E-state index contributed by atoms with van der Waals surface area (Å²) in [6, 6.07) is 10.6. The van der Waals surface area contributed by atoms with Gasteiger partial charge in [0.15, 0.2) is 23.0 Å². The van der Waals surface area contributed by atoms with Crippen molar-refractivity contribution >= 4 is 0 Å². The Bertz CT molecular complexity index is 997. The SMILES string of the molecule is COc1cc2c(cc1OC)[C@H]1N(CC2)Cc2cc(OC)c(OC)cc2[C@@]1(C)C#N. The number of hydrogen-bond donors (Lipinski definition) is 0. The maximum Gasteiger partial charge on any atom is 0.161 e. The first-order valence-corrected chi connectivity index (χ1v) is 9.66. The maximum atomic E-state index is 10.4. The number of benzene rings is 2. The van der Waals surface area contributed by atoms with Crippen LogP contribution in [0.2, 0.25) is 0 Å². The fourth-order valence-corrected chi connectivity index (χ4v) is 4.87. The lowest BCUT2D eigenvalue weighted by molar-refractivity contribution is 0.111. The Morgan fingerprint density at radius 3 is 2.03 bits per heavy atom. The largest absolute Gasteiger partial charge is 0.493 e. The topological polar surface area (TPSA) is 64.0 Å². The second-order valence-corrected chi connectivity index (χ2v) is 7.71. The van der Waals surface area contributed by atoms with Crippen molar-refractivity contribution in [1.82, 2.24) is 4.90 Å². The van der Waals surface area contributed by atoms with Crippen LogP contribution in [-0.4, -0.2) is 39.9 Å². The molecule has 2 aromatic carbocycles. The van der Waals surface area contributed by atoms with E-state index in [0.717, 1.165) is 42.0 Å². The van der Waals surface area contributed by atoms with E-state index in [-0.39, 0.29) is 6.04 Å². The number of ether oxygens (including phenoxy) is 4. The van der Waals surface area contributed by atoms with E-state index in [9.17, 15) is 5.26 Å². The number of rotatable bonds is 4. The Morgan fingerprint density at radius 1 is 0.897 bits per heavy atom. The van der Waals surface area contributed by atoms with Gasteiger partial charge in [-0.05, 0) is 59.9 Å². The second-order valence-electron chi connectivity index (χ2n) is 7.71. The molecular weight excluding hydrogens is 368 g/mol. The molecule has 2 aliphatic heterocycles. The highest BCUT2D eigenvalue weighted by molar-refractivity contribution is 5.57. The van der Waals surface area contributed by atoms with Crippen molar-refractivity contribution in [2.45, 2.75) is 31.3 Å². The molecule has 0 fully saturated rings. The number of nitrogens with zero attached hydrogens (tertiary/aromatic N) is 2. The number of hydrogen-bond acceptors (Lipinski definition) is 6. The number of nitriles is 1. The van der Waals surface area contributed by atoms with E-state index in [4.69, 9.17) is 18.9 Å². The third-order valence-corrected chi connectivity index (χ3v) is 6.29. The van der Waals surface area contributed by atoms with E-state index in [1.165, 1.54) is 5.56 Å². The molecule has 0 saturated carbocycles. The minimum Gasteiger partial charge on any atom is -0.493 e. The van der Waals surface area contributed by atoms with Gasteiger partial charge in [-0.1, -0.05) is 0 Å². The van der Waals surface area contributed by atoms with Gasteiger partial charge in [0.05, 0.1) is 46.0 Å². The van der Waals surface area contributed by atoms with Gasteiger partial charge in [0, 0.05) is 13.1 Å². The summed E-state index contributed by atoms with van der Waals surface area (Å²) in [6.45, 7) is 3.64. The Balaban J connectivity index is 1.92. The van der Waals surface area contributed by atoms with Crippen molar-refractivity contribution in [3.63, 3.8) is 0 Å². The van der Waals surface area contributed by atoms with Crippen LogP contribution in [-0.2, 0) is 18.4 Å². The molecule has 0 radical (unpaired) electrons. The van der Waals surface area contributed by atoms with Crippen LogP contribution in [0.1, 0.15) is 35.2 Å². The van der Waals surface area contributed by atoms with Crippen LogP contribution in [0.5, 0.6) is 23.0 Å². The third-order valence-electron chi connectivity index (χ3n) is 6.29. The van der Waals surface area contributed by atoms with Crippen LogP contribution in [0.25, 0.3) is 0 Å². The van der Waals surface area contributed by atoms with Crippen LogP contribution in [0.15, 0.2) is 24.3 Å². The zero-order valence-corrected chi connectivity index (χ0v) is 17.5. The van der Waals surface area contributed by atoms with Crippen molar-refractivity contribution in [2.75, 3.05) is 35.0 Å². The third kappa shape index (κ3) is 2.80. The van der Waals surface area contributed by atoms with Crippen LogP contribution in [0, 0.1) is 11.3 Å². The molecule has 29 heavy (non-hydrogen) atoms. The van der Waals surface area contributed by atoms with Gasteiger partial charge in [-0.25, -0.2) is 0 Å². The zero-order valence-electron chi connectivity index (χ0n) is 17.5. The van der Waals surface area contributed by atoms with Crippen molar-refractivity contribution in [3.05, 3.63) is 46.5 Å². The number of fused-ring (bicyclic) bond motifs is 4. The Labute approximate surface area is 171 Å². The predicted octanol–water partition coefficient (Wildman–Crippen LogP) is 3.62. The molecule has 2 atom stereocenters. The molecule has 0 unspecified atom stereocenters. The fraction of sp³-hybridized carbons (Fsp3) is 0.435. The Hall–Kier alpha value is -2.91. The summed E-state index contributed by atoms with van der Waals surface area (Å²) < 4.78 is 22.1. The molecule has 2 aromatic rings.